The van der Waals surface area contributed by atoms with Crippen molar-refractivity contribution in [1.29, 1.82) is 5.26 Å². The highest BCUT2D eigenvalue weighted by Gasteiger charge is 2.46. The van der Waals surface area contributed by atoms with Gasteiger partial charge in [-0.3, -0.25) is 4.99 Å². The summed E-state index contributed by atoms with van der Waals surface area (Å²) in [5.41, 5.74) is 2.54. The van der Waals surface area contributed by atoms with E-state index in [1.54, 1.807) is 31.2 Å². The number of sulfone groups is 1. The van der Waals surface area contributed by atoms with E-state index in [2.05, 4.69) is 27.0 Å². The molecule has 2 heterocycles. The standard InChI is InChI=1S/C19H13BrN2O2S/c1-11-15(10-21)17(12-6-8-13(20)9-7-12)19-18(22-11)14-4-2-3-5-16(14)25(19,23)24/h2-9,15,17H,1H3/t15?,17-/m1/s1. The lowest BCUT2D eigenvalue weighted by molar-refractivity contribution is 0.595. The van der Waals surface area contributed by atoms with Crippen LogP contribution in [0.4, 0.5) is 0 Å². The van der Waals surface area contributed by atoms with Crippen LogP contribution >= 0.6 is 15.9 Å². The second kappa shape index (κ2) is 5.65. The highest BCUT2D eigenvalue weighted by atomic mass is 79.9. The van der Waals surface area contributed by atoms with Crippen LogP contribution in [0.25, 0.3) is 5.70 Å². The molecule has 2 aromatic carbocycles. The molecule has 25 heavy (non-hydrogen) atoms. The Morgan fingerprint density at radius 2 is 1.80 bits per heavy atom. The Hall–Kier alpha value is -2.23. The molecular weight excluding hydrogens is 400 g/mol. The van der Waals surface area contributed by atoms with Gasteiger partial charge in [-0.15, -0.1) is 0 Å². The molecule has 0 bridgehead atoms. The summed E-state index contributed by atoms with van der Waals surface area (Å²) in [5.74, 6) is -1.16. The predicted molar refractivity (Wildman–Crippen MR) is 99.6 cm³/mol. The van der Waals surface area contributed by atoms with E-state index in [0.717, 1.165) is 10.0 Å². The Balaban J connectivity index is 2.03. The number of allylic oxidation sites excluding steroid dienone is 1. The van der Waals surface area contributed by atoms with E-state index in [1.165, 1.54) is 0 Å². The summed E-state index contributed by atoms with van der Waals surface area (Å²) < 4.78 is 27.3. The van der Waals surface area contributed by atoms with E-state index >= 15 is 0 Å². The van der Waals surface area contributed by atoms with Crippen LogP contribution in [0.2, 0.25) is 0 Å². The minimum atomic E-state index is -3.67. The van der Waals surface area contributed by atoms with Gasteiger partial charge in [-0.25, -0.2) is 8.42 Å². The zero-order chi connectivity index (χ0) is 17.8. The van der Waals surface area contributed by atoms with Gasteiger partial charge in [0.05, 0.1) is 27.5 Å². The summed E-state index contributed by atoms with van der Waals surface area (Å²) in [7, 11) is -3.67. The van der Waals surface area contributed by atoms with Crippen molar-refractivity contribution in [3.8, 4) is 6.07 Å². The number of halogens is 1. The van der Waals surface area contributed by atoms with Crippen molar-refractivity contribution in [2.75, 3.05) is 0 Å². The van der Waals surface area contributed by atoms with E-state index in [0.29, 0.717) is 17.0 Å². The summed E-state index contributed by atoms with van der Waals surface area (Å²) in [6, 6.07) is 16.6. The van der Waals surface area contributed by atoms with Gasteiger partial charge in [-0.1, -0.05) is 46.3 Å². The smallest absolute Gasteiger partial charge is 0.206 e. The van der Waals surface area contributed by atoms with Crippen molar-refractivity contribution in [3.05, 3.63) is 69.0 Å². The summed E-state index contributed by atoms with van der Waals surface area (Å²) in [5, 5.41) is 9.70. The Morgan fingerprint density at radius 1 is 1.12 bits per heavy atom. The van der Waals surface area contributed by atoms with Crippen molar-refractivity contribution in [3.63, 3.8) is 0 Å². The molecule has 2 atom stereocenters. The largest absolute Gasteiger partial charge is 0.255 e. The molecule has 0 N–H and O–H groups in total. The van der Waals surface area contributed by atoms with E-state index in [9.17, 15) is 13.7 Å². The first-order valence-electron chi connectivity index (χ1n) is 7.74. The molecule has 4 nitrogen and oxygen atoms in total. The molecule has 2 aliphatic rings. The Labute approximate surface area is 154 Å². The second-order valence-corrected chi connectivity index (χ2v) is 8.90. The fourth-order valence-corrected chi connectivity index (χ4v) is 5.76. The summed E-state index contributed by atoms with van der Waals surface area (Å²) in [6.45, 7) is 1.79. The molecule has 0 radical (unpaired) electrons. The number of hydrogen-bond donors (Lipinski definition) is 0. The Morgan fingerprint density at radius 3 is 2.48 bits per heavy atom. The van der Waals surface area contributed by atoms with Gasteiger partial charge in [-0.2, -0.15) is 5.26 Å². The van der Waals surface area contributed by atoms with Gasteiger partial charge >= 0.3 is 0 Å². The van der Waals surface area contributed by atoms with Crippen LogP contribution in [0.15, 0.2) is 67.8 Å². The van der Waals surface area contributed by atoms with Gasteiger partial charge in [0.15, 0.2) is 0 Å². The first-order valence-corrected chi connectivity index (χ1v) is 10.0. The SMILES string of the molecule is CC1=NC2=C([C@H](c3ccc(Br)cc3)C1C#N)S(=O)(=O)c1ccccc12. The lowest BCUT2D eigenvalue weighted by atomic mass is 9.81. The third kappa shape index (κ3) is 2.30. The van der Waals surface area contributed by atoms with Crippen LogP contribution in [-0.4, -0.2) is 14.1 Å². The lowest BCUT2D eigenvalue weighted by Crippen LogP contribution is -2.26. The third-order valence-corrected chi connectivity index (χ3v) is 7.17. The number of rotatable bonds is 1. The fraction of sp³-hybridized carbons (Fsp3) is 0.158. The molecular formula is C19H13BrN2O2S. The molecule has 6 heteroatoms. The Kier molecular flexibility index (Phi) is 3.67. The molecule has 0 aromatic heterocycles. The molecule has 0 saturated carbocycles. The first-order chi connectivity index (χ1) is 11.9. The van der Waals surface area contributed by atoms with Gasteiger partial charge in [0, 0.05) is 21.7 Å². The monoisotopic (exact) mass is 412 g/mol. The molecule has 2 aliphatic heterocycles. The molecule has 1 unspecified atom stereocenters. The van der Waals surface area contributed by atoms with Crippen LogP contribution in [0.1, 0.15) is 24.0 Å². The van der Waals surface area contributed by atoms with Crippen LogP contribution < -0.4 is 0 Å². The number of hydrogen-bond acceptors (Lipinski definition) is 4. The van der Waals surface area contributed by atoms with Gasteiger partial charge < -0.3 is 0 Å². The summed E-state index contributed by atoms with van der Waals surface area (Å²) >= 11 is 3.40. The maximum Gasteiger partial charge on any atom is 0.206 e. The maximum absolute atomic E-state index is 13.2. The van der Waals surface area contributed by atoms with Gasteiger partial charge in [-0.05, 0) is 30.7 Å². The number of aliphatic imine (C=N–C) groups is 1. The van der Waals surface area contributed by atoms with E-state index in [-0.39, 0.29) is 9.80 Å². The van der Waals surface area contributed by atoms with Crippen LogP contribution in [-0.2, 0) is 9.84 Å². The molecule has 0 fully saturated rings. The molecule has 0 amide bonds. The molecule has 0 saturated heterocycles. The minimum absolute atomic E-state index is 0.244. The number of nitrogens with zero attached hydrogens (tertiary/aromatic N) is 2. The fourth-order valence-electron chi connectivity index (χ4n) is 3.53. The van der Waals surface area contributed by atoms with Crippen molar-refractivity contribution in [2.24, 2.45) is 10.9 Å². The third-order valence-electron chi connectivity index (χ3n) is 4.68. The number of nitriles is 1. The maximum atomic E-state index is 13.2. The minimum Gasteiger partial charge on any atom is -0.255 e. The zero-order valence-corrected chi connectivity index (χ0v) is 15.7. The second-order valence-electron chi connectivity index (χ2n) is 6.10. The van der Waals surface area contributed by atoms with Crippen molar-refractivity contribution in [2.45, 2.75) is 17.7 Å². The van der Waals surface area contributed by atoms with Crippen molar-refractivity contribution < 1.29 is 8.42 Å². The average Bonchev–Trinajstić information content (AvgIpc) is 2.82. The van der Waals surface area contributed by atoms with E-state index in [4.69, 9.17) is 0 Å². The van der Waals surface area contributed by atoms with E-state index in [1.807, 2.05) is 24.3 Å². The van der Waals surface area contributed by atoms with Crippen molar-refractivity contribution in [1.82, 2.24) is 0 Å². The number of fused-ring (bicyclic) bond motifs is 2. The highest BCUT2D eigenvalue weighted by Crippen LogP contribution is 2.51. The number of benzene rings is 2. The molecule has 0 spiro atoms. The van der Waals surface area contributed by atoms with Crippen LogP contribution in [0.5, 0.6) is 0 Å². The lowest BCUT2D eigenvalue weighted by Gasteiger charge is -2.27. The van der Waals surface area contributed by atoms with Gasteiger partial charge in [0.25, 0.3) is 0 Å². The topological polar surface area (TPSA) is 70.3 Å². The van der Waals surface area contributed by atoms with Crippen molar-refractivity contribution >= 4 is 37.2 Å². The van der Waals surface area contributed by atoms with Gasteiger partial charge in [0.1, 0.15) is 0 Å². The molecule has 124 valence electrons. The normalized spacial score (nSPS) is 23.5. The molecule has 4 rings (SSSR count). The summed E-state index contributed by atoms with van der Waals surface area (Å²) in [4.78, 5) is 5.03. The summed E-state index contributed by atoms with van der Waals surface area (Å²) in [6.07, 6.45) is 0. The zero-order valence-electron chi connectivity index (χ0n) is 13.3. The van der Waals surface area contributed by atoms with Crippen LogP contribution in [0, 0.1) is 17.2 Å². The predicted octanol–water partition coefficient (Wildman–Crippen LogP) is 4.30. The first kappa shape index (κ1) is 16.2. The van der Waals surface area contributed by atoms with Crippen LogP contribution in [0.3, 0.4) is 0 Å². The quantitative estimate of drug-likeness (QED) is 0.700. The molecule has 0 aliphatic carbocycles. The molecule has 2 aromatic rings. The highest BCUT2D eigenvalue weighted by molar-refractivity contribution is 9.10. The van der Waals surface area contributed by atoms with E-state index < -0.39 is 21.7 Å². The van der Waals surface area contributed by atoms with Gasteiger partial charge in [0.2, 0.25) is 9.84 Å². The average molecular weight is 413 g/mol. The Bertz CT molecular complexity index is 1090.